The van der Waals surface area contributed by atoms with Crippen molar-refractivity contribution >= 4 is 17.7 Å². The van der Waals surface area contributed by atoms with Gasteiger partial charge in [0.1, 0.15) is 17.4 Å². The second-order valence-corrected chi connectivity index (χ2v) is 5.76. The number of carbonyl (C=O) groups excluding carboxylic acids is 2. The quantitative estimate of drug-likeness (QED) is 0.869. The van der Waals surface area contributed by atoms with Crippen LogP contribution in [0.15, 0.2) is 24.3 Å². The van der Waals surface area contributed by atoms with Crippen molar-refractivity contribution in [1.29, 1.82) is 0 Å². The van der Waals surface area contributed by atoms with Gasteiger partial charge in [0, 0.05) is 5.69 Å². The number of hydrogen-bond donors (Lipinski definition) is 2. The van der Waals surface area contributed by atoms with Gasteiger partial charge >= 0.3 is 12.7 Å². The van der Waals surface area contributed by atoms with Crippen LogP contribution in [0.1, 0.15) is 27.7 Å². The highest BCUT2D eigenvalue weighted by Crippen LogP contribution is 2.17. The van der Waals surface area contributed by atoms with Crippen molar-refractivity contribution in [3.8, 4) is 5.75 Å². The molecular weight excluding hydrogens is 310 g/mol. The molecule has 1 aromatic rings. The number of carbonyl (C=O) groups is 2. The lowest BCUT2D eigenvalue weighted by molar-refractivity contribution is -0.117. The molecule has 0 aliphatic heterocycles. The van der Waals surface area contributed by atoms with Gasteiger partial charge in [0.2, 0.25) is 5.91 Å². The fourth-order valence-corrected chi connectivity index (χ4v) is 1.52. The molecule has 1 rings (SSSR count). The second kappa shape index (κ2) is 7.75. The third kappa shape index (κ3) is 7.44. The van der Waals surface area contributed by atoms with E-state index in [-0.39, 0.29) is 5.75 Å². The third-order valence-corrected chi connectivity index (χ3v) is 2.47. The smallest absolute Gasteiger partial charge is 0.408 e. The molecule has 0 aliphatic rings. The number of amides is 2. The Kier molecular flexibility index (Phi) is 6.29. The van der Waals surface area contributed by atoms with Gasteiger partial charge in [0.25, 0.3) is 0 Å². The molecule has 8 heteroatoms. The van der Waals surface area contributed by atoms with Gasteiger partial charge in [0.15, 0.2) is 0 Å². The van der Waals surface area contributed by atoms with Crippen LogP contribution in [-0.4, -0.2) is 30.3 Å². The number of anilines is 1. The van der Waals surface area contributed by atoms with Crippen LogP contribution in [0.2, 0.25) is 0 Å². The van der Waals surface area contributed by atoms with Crippen LogP contribution in [-0.2, 0) is 9.53 Å². The highest BCUT2D eigenvalue weighted by molar-refractivity contribution is 5.96. The number of alkyl carbamates (subject to hydrolysis) is 1. The number of ether oxygens (including phenoxy) is 2. The summed E-state index contributed by atoms with van der Waals surface area (Å²) in [7, 11) is 0. The zero-order valence-corrected chi connectivity index (χ0v) is 13.4. The average Bonchev–Trinajstić information content (AvgIpc) is 2.37. The molecule has 0 aliphatic carbocycles. The first-order valence-electron chi connectivity index (χ1n) is 6.92. The lowest BCUT2D eigenvalue weighted by Crippen LogP contribution is -2.43. The Bertz CT molecular complexity index is 541. The van der Waals surface area contributed by atoms with Gasteiger partial charge in [-0.25, -0.2) is 4.79 Å². The summed E-state index contributed by atoms with van der Waals surface area (Å²) >= 11 is 0. The van der Waals surface area contributed by atoms with E-state index in [1.165, 1.54) is 31.2 Å². The molecule has 1 aromatic carbocycles. The summed E-state index contributed by atoms with van der Waals surface area (Å²) in [6, 6.07) is 4.59. The maximum absolute atomic E-state index is 12.0. The van der Waals surface area contributed by atoms with E-state index in [1.54, 1.807) is 20.8 Å². The van der Waals surface area contributed by atoms with Gasteiger partial charge in [-0.1, -0.05) is 0 Å². The van der Waals surface area contributed by atoms with Gasteiger partial charge in [-0.3, -0.25) is 4.79 Å². The molecule has 2 amide bonds. The van der Waals surface area contributed by atoms with Crippen LogP contribution in [0.4, 0.5) is 19.3 Å². The normalized spacial score (nSPS) is 12.5. The molecule has 0 radical (unpaired) electrons. The Morgan fingerprint density at radius 2 is 1.70 bits per heavy atom. The molecule has 6 nitrogen and oxygen atoms in total. The molecule has 2 N–H and O–H groups in total. The summed E-state index contributed by atoms with van der Waals surface area (Å²) in [5, 5.41) is 4.94. The van der Waals surface area contributed by atoms with Crippen LogP contribution in [0.3, 0.4) is 0 Å². The molecule has 0 spiro atoms. The van der Waals surface area contributed by atoms with Crippen LogP contribution < -0.4 is 15.4 Å². The van der Waals surface area contributed by atoms with Crippen molar-refractivity contribution in [2.24, 2.45) is 0 Å². The van der Waals surface area contributed by atoms with E-state index >= 15 is 0 Å². The van der Waals surface area contributed by atoms with Crippen LogP contribution in [0, 0.1) is 0 Å². The van der Waals surface area contributed by atoms with Crippen molar-refractivity contribution in [2.45, 2.75) is 45.9 Å². The van der Waals surface area contributed by atoms with Gasteiger partial charge in [0.05, 0.1) is 0 Å². The standard InChI is InChI=1S/C15H20F2N2O4/c1-9(18-14(21)23-15(2,3)4)12(20)19-10-5-7-11(8-6-10)22-13(16)17/h5-9,13H,1-4H3,(H,18,21)(H,19,20)/t9-/m1/s1. The summed E-state index contributed by atoms with van der Waals surface area (Å²) in [5.74, 6) is -0.490. The van der Waals surface area contributed by atoms with Gasteiger partial charge in [-0.2, -0.15) is 8.78 Å². The number of benzene rings is 1. The molecule has 1 atom stereocenters. The summed E-state index contributed by atoms with van der Waals surface area (Å²) in [6.45, 7) is 3.71. The lowest BCUT2D eigenvalue weighted by atomic mass is 10.2. The molecule has 0 unspecified atom stereocenters. The van der Waals surface area contributed by atoms with Crippen molar-refractivity contribution < 1.29 is 27.8 Å². The van der Waals surface area contributed by atoms with E-state index in [0.717, 1.165) is 0 Å². The first-order chi connectivity index (χ1) is 10.6. The minimum atomic E-state index is -2.91. The second-order valence-electron chi connectivity index (χ2n) is 5.76. The molecule has 0 saturated carbocycles. The molecule has 128 valence electrons. The van der Waals surface area contributed by atoms with E-state index < -0.39 is 30.3 Å². The number of halogens is 2. The number of nitrogens with one attached hydrogen (secondary N) is 2. The number of hydrogen-bond acceptors (Lipinski definition) is 4. The van der Waals surface area contributed by atoms with E-state index in [0.29, 0.717) is 5.69 Å². The maximum Gasteiger partial charge on any atom is 0.408 e. The highest BCUT2D eigenvalue weighted by atomic mass is 19.3. The zero-order valence-electron chi connectivity index (χ0n) is 13.4. The third-order valence-electron chi connectivity index (χ3n) is 2.47. The minimum absolute atomic E-state index is 0.0158. The Morgan fingerprint density at radius 3 is 2.17 bits per heavy atom. The Labute approximate surface area is 133 Å². The van der Waals surface area contributed by atoms with Crippen molar-refractivity contribution in [2.75, 3.05) is 5.32 Å². The van der Waals surface area contributed by atoms with Gasteiger partial charge < -0.3 is 20.1 Å². The predicted molar refractivity (Wildman–Crippen MR) is 80.5 cm³/mol. The SMILES string of the molecule is C[C@@H](NC(=O)OC(C)(C)C)C(=O)Nc1ccc(OC(F)F)cc1. The molecule has 0 aromatic heterocycles. The highest BCUT2D eigenvalue weighted by Gasteiger charge is 2.21. The number of rotatable bonds is 5. The zero-order chi connectivity index (χ0) is 17.6. The van der Waals surface area contributed by atoms with Gasteiger partial charge in [-0.15, -0.1) is 0 Å². The largest absolute Gasteiger partial charge is 0.444 e. The Hall–Kier alpha value is -2.38. The minimum Gasteiger partial charge on any atom is -0.444 e. The monoisotopic (exact) mass is 330 g/mol. The van der Waals surface area contributed by atoms with Crippen LogP contribution in [0.25, 0.3) is 0 Å². The lowest BCUT2D eigenvalue weighted by Gasteiger charge is -2.21. The first-order valence-corrected chi connectivity index (χ1v) is 6.92. The first kappa shape index (κ1) is 18.7. The summed E-state index contributed by atoms with van der Waals surface area (Å²) in [4.78, 5) is 23.5. The molecule has 0 bridgehead atoms. The van der Waals surface area contributed by atoms with Crippen molar-refractivity contribution in [3.63, 3.8) is 0 Å². The van der Waals surface area contributed by atoms with Gasteiger partial charge in [-0.05, 0) is 52.0 Å². The number of alkyl halides is 2. The fourth-order valence-electron chi connectivity index (χ4n) is 1.52. The van der Waals surface area contributed by atoms with E-state index in [9.17, 15) is 18.4 Å². The summed E-state index contributed by atoms with van der Waals surface area (Å²) < 4.78 is 33.3. The van der Waals surface area contributed by atoms with Crippen LogP contribution >= 0.6 is 0 Å². The molecule has 23 heavy (non-hydrogen) atoms. The Morgan fingerprint density at radius 1 is 1.13 bits per heavy atom. The fraction of sp³-hybridized carbons (Fsp3) is 0.467. The van der Waals surface area contributed by atoms with E-state index in [2.05, 4.69) is 15.4 Å². The van der Waals surface area contributed by atoms with Crippen molar-refractivity contribution in [1.82, 2.24) is 5.32 Å². The molecule has 0 heterocycles. The summed E-state index contributed by atoms with van der Waals surface area (Å²) in [6.07, 6.45) is -0.708. The topological polar surface area (TPSA) is 76.7 Å². The maximum atomic E-state index is 12.0. The van der Waals surface area contributed by atoms with E-state index in [1.807, 2.05) is 0 Å². The molecular formula is C15H20F2N2O4. The predicted octanol–water partition coefficient (Wildman–Crippen LogP) is 3.14. The van der Waals surface area contributed by atoms with Crippen LogP contribution in [0.5, 0.6) is 5.75 Å². The average molecular weight is 330 g/mol. The van der Waals surface area contributed by atoms with Crippen molar-refractivity contribution in [3.05, 3.63) is 24.3 Å². The Balaban J connectivity index is 2.53. The molecule has 0 fully saturated rings. The van der Waals surface area contributed by atoms with E-state index in [4.69, 9.17) is 4.74 Å². The molecule has 0 saturated heterocycles. The summed E-state index contributed by atoms with van der Waals surface area (Å²) in [5.41, 5.74) is -0.282.